The lowest BCUT2D eigenvalue weighted by molar-refractivity contribution is -0.117. The van der Waals surface area contributed by atoms with Crippen LogP contribution in [0.25, 0.3) is 0 Å². The number of aromatic nitrogens is 2. The summed E-state index contributed by atoms with van der Waals surface area (Å²) in [5.74, 6) is 0.523. The van der Waals surface area contributed by atoms with Crippen LogP contribution in [0.2, 0.25) is 0 Å². The number of nitrogens with zero attached hydrogens (tertiary/aromatic N) is 2. The smallest absolute Gasteiger partial charge is 0.130 e. The monoisotopic (exact) mass is 180 g/mol. The zero-order chi connectivity index (χ0) is 9.84. The highest BCUT2D eigenvalue weighted by atomic mass is 16.1. The van der Waals surface area contributed by atoms with Gasteiger partial charge in [-0.15, -0.1) is 0 Å². The average molecular weight is 180 g/mol. The average Bonchev–Trinajstić information content (AvgIpc) is 2.50. The minimum absolute atomic E-state index is 0.233. The Hall–Kier alpha value is -1.12. The van der Waals surface area contributed by atoms with E-state index in [-0.39, 0.29) is 11.7 Å². The van der Waals surface area contributed by atoms with E-state index in [0.29, 0.717) is 6.42 Å². The quantitative estimate of drug-likeness (QED) is 0.710. The van der Waals surface area contributed by atoms with E-state index in [1.165, 1.54) is 0 Å². The molecule has 1 heterocycles. The van der Waals surface area contributed by atoms with Crippen LogP contribution in [-0.2, 0) is 11.3 Å². The molecule has 72 valence electrons. The molecular weight excluding hydrogens is 164 g/mol. The number of carbonyl (C=O) groups excluding carboxylic acids is 1. The first-order valence-corrected chi connectivity index (χ1v) is 4.65. The van der Waals surface area contributed by atoms with Gasteiger partial charge in [0.15, 0.2) is 0 Å². The van der Waals surface area contributed by atoms with Crippen LogP contribution in [0.3, 0.4) is 0 Å². The van der Waals surface area contributed by atoms with E-state index in [2.05, 4.69) is 12.0 Å². The predicted molar refractivity (Wildman–Crippen MR) is 51.6 cm³/mol. The highest BCUT2D eigenvalue weighted by Gasteiger charge is 2.09. The Labute approximate surface area is 78.8 Å². The number of hydrogen-bond acceptors (Lipinski definition) is 2. The third-order valence-electron chi connectivity index (χ3n) is 2.14. The van der Waals surface area contributed by atoms with Gasteiger partial charge < -0.3 is 4.79 Å². The Morgan fingerprint density at radius 2 is 2.38 bits per heavy atom. The Balaban J connectivity index is 2.65. The van der Waals surface area contributed by atoms with Gasteiger partial charge in [-0.1, -0.05) is 6.92 Å². The summed E-state index contributed by atoms with van der Waals surface area (Å²) in [7, 11) is 0. The number of Topliss-reactive ketones (excluding diaryl/α,β-unsaturated/α-hetero) is 1. The lowest BCUT2D eigenvalue weighted by Crippen LogP contribution is -1.99. The van der Waals surface area contributed by atoms with E-state index in [9.17, 15) is 4.79 Å². The fraction of sp³-hybridized carbons (Fsp3) is 0.600. The van der Waals surface area contributed by atoms with Crippen LogP contribution in [0.5, 0.6) is 0 Å². The van der Waals surface area contributed by atoms with Crippen molar-refractivity contribution in [3.8, 4) is 0 Å². The Kier molecular flexibility index (Phi) is 3.23. The molecule has 3 heteroatoms. The van der Waals surface area contributed by atoms with Gasteiger partial charge in [0.1, 0.15) is 5.78 Å². The minimum Gasteiger partial charge on any atom is -0.300 e. The number of aryl methyl sites for hydroxylation is 1. The minimum atomic E-state index is 0.233. The van der Waals surface area contributed by atoms with Gasteiger partial charge in [0.05, 0.1) is 6.20 Å². The number of ketones is 1. The second-order valence-corrected chi connectivity index (χ2v) is 3.44. The molecule has 0 N–H and O–H groups in total. The van der Waals surface area contributed by atoms with Crippen molar-refractivity contribution in [3.05, 3.63) is 18.0 Å². The second kappa shape index (κ2) is 4.21. The van der Waals surface area contributed by atoms with Crippen molar-refractivity contribution in [3.63, 3.8) is 0 Å². The van der Waals surface area contributed by atoms with Gasteiger partial charge in [0.2, 0.25) is 0 Å². The molecule has 0 aliphatic rings. The summed E-state index contributed by atoms with van der Waals surface area (Å²) in [5.41, 5.74) is 1.15. The van der Waals surface area contributed by atoms with Crippen molar-refractivity contribution in [2.24, 2.45) is 0 Å². The van der Waals surface area contributed by atoms with Gasteiger partial charge in [-0.05, 0) is 25.3 Å². The molecule has 0 amide bonds. The normalized spacial score (nSPS) is 12.8. The van der Waals surface area contributed by atoms with Gasteiger partial charge in [0, 0.05) is 19.2 Å². The van der Waals surface area contributed by atoms with Crippen LogP contribution in [0.15, 0.2) is 12.4 Å². The molecule has 3 nitrogen and oxygen atoms in total. The van der Waals surface area contributed by atoms with Crippen molar-refractivity contribution in [1.82, 2.24) is 9.78 Å². The van der Waals surface area contributed by atoms with Gasteiger partial charge in [-0.25, -0.2) is 0 Å². The summed E-state index contributed by atoms with van der Waals surface area (Å²) in [6.45, 7) is 6.61. The van der Waals surface area contributed by atoms with Crippen LogP contribution in [0.4, 0.5) is 0 Å². The molecule has 0 aliphatic heterocycles. The molecule has 0 spiro atoms. The number of carbonyl (C=O) groups is 1. The Morgan fingerprint density at radius 3 is 2.85 bits per heavy atom. The molecule has 1 aromatic rings. The summed E-state index contributed by atoms with van der Waals surface area (Å²) in [6, 6.07) is 0. The van der Waals surface area contributed by atoms with E-state index in [0.717, 1.165) is 12.1 Å². The fourth-order valence-electron chi connectivity index (χ4n) is 1.36. The molecule has 0 aliphatic carbocycles. The number of rotatable bonds is 4. The van der Waals surface area contributed by atoms with E-state index >= 15 is 0 Å². The molecule has 0 saturated heterocycles. The molecule has 0 bridgehead atoms. The maximum absolute atomic E-state index is 10.9. The Bertz CT molecular complexity index is 291. The van der Waals surface area contributed by atoms with Crippen molar-refractivity contribution >= 4 is 5.78 Å². The molecule has 0 aromatic carbocycles. The summed E-state index contributed by atoms with van der Waals surface area (Å²) in [4.78, 5) is 10.9. The zero-order valence-electron chi connectivity index (χ0n) is 8.45. The molecule has 1 aromatic heterocycles. The van der Waals surface area contributed by atoms with E-state index in [4.69, 9.17) is 0 Å². The zero-order valence-corrected chi connectivity index (χ0v) is 8.45. The first-order chi connectivity index (χ1) is 6.13. The maximum Gasteiger partial charge on any atom is 0.130 e. The third kappa shape index (κ3) is 2.68. The van der Waals surface area contributed by atoms with Crippen LogP contribution < -0.4 is 0 Å². The van der Waals surface area contributed by atoms with Crippen LogP contribution >= 0.6 is 0 Å². The van der Waals surface area contributed by atoms with Gasteiger partial charge >= 0.3 is 0 Å². The Morgan fingerprint density at radius 1 is 1.69 bits per heavy atom. The summed E-state index contributed by atoms with van der Waals surface area (Å²) in [6.07, 6.45) is 4.46. The van der Waals surface area contributed by atoms with E-state index in [1.807, 2.05) is 24.0 Å². The van der Waals surface area contributed by atoms with Crippen molar-refractivity contribution in [1.29, 1.82) is 0 Å². The van der Waals surface area contributed by atoms with Crippen LogP contribution in [0.1, 0.15) is 38.7 Å². The largest absolute Gasteiger partial charge is 0.300 e. The highest BCUT2D eigenvalue weighted by molar-refractivity contribution is 5.76. The van der Waals surface area contributed by atoms with Crippen LogP contribution in [-0.4, -0.2) is 15.6 Å². The SMILES string of the molecule is CCn1cc(C(C)CC(C)=O)cn1. The summed E-state index contributed by atoms with van der Waals surface area (Å²) >= 11 is 0. The highest BCUT2D eigenvalue weighted by Crippen LogP contribution is 2.17. The standard InChI is InChI=1S/C10H16N2O/c1-4-12-7-10(6-11-12)8(2)5-9(3)13/h6-8H,4-5H2,1-3H3. The molecular formula is C10H16N2O. The molecule has 0 saturated carbocycles. The lowest BCUT2D eigenvalue weighted by Gasteiger charge is -2.04. The molecule has 1 atom stereocenters. The summed E-state index contributed by atoms with van der Waals surface area (Å²) < 4.78 is 1.88. The molecule has 13 heavy (non-hydrogen) atoms. The van der Waals surface area contributed by atoms with E-state index in [1.54, 1.807) is 6.92 Å². The van der Waals surface area contributed by atoms with Crippen molar-refractivity contribution in [2.75, 3.05) is 0 Å². The fourth-order valence-corrected chi connectivity index (χ4v) is 1.36. The van der Waals surface area contributed by atoms with Crippen molar-refractivity contribution in [2.45, 2.75) is 39.7 Å². The first kappa shape index (κ1) is 9.96. The van der Waals surface area contributed by atoms with E-state index < -0.39 is 0 Å². The molecule has 1 rings (SSSR count). The lowest BCUT2D eigenvalue weighted by atomic mass is 9.99. The predicted octanol–water partition coefficient (Wildman–Crippen LogP) is 1.99. The van der Waals surface area contributed by atoms with Gasteiger partial charge in [0.25, 0.3) is 0 Å². The third-order valence-corrected chi connectivity index (χ3v) is 2.14. The summed E-state index contributed by atoms with van der Waals surface area (Å²) in [5, 5.41) is 4.17. The molecule has 0 fully saturated rings. The van der Waals surface area contributed by atoms with Gasteiger partial charge in [-0.2, -0.15) is 5.10 Å². The second-order valence-electron chi connectivity index (χ2n) is 3.44. The number of hydrogen-bond donors (Lipinski definition) is 0. The maximum atomic E-state index is 10.9. The molecule has 0 radical (unpaired) electrons. The molecule has 1 unspecified atom stereocenters. The topological polar surface area (TPSA) is 34.9 Å². The van der Waals surface area contributed by atoms with Crippen molar-refractivity contribution < 1.29 is 4.79 Å². The van der Waals surface area contributed by atoms with Crippen LogP contribution in [0, 0.1) is 0 Å². The van der Waals surface area contributed by atoms with Gasteiger partial charge in [-0.3, -0.25) is 4.68 Å². The first-order valence-electron chi connectivity index (χ1n) is 4.65.